The first kappa shape index (κ1) is 12.2. The second-order valence-corrected chi connectivity index (χ2v) is 3.33. The maximum atomic E-state index is 10.9. The van der Waals surface area contributed by atoms with E-state index in [0.717, 1.165) is 6.42 Å². The summed E-state index contributed by atoms with van der Waals surface area (Å²) in [6, 6.07) is 0. The average molecular weight is 184 g/mol. The van der Waals surface area contributed by atoms with Crippen LogP contribution in [0.15, 0.2) is 12.2 Å². The number of carbonyl (C=O) groups is 1. The lowest BCUT2D eigenvalue weighted by Crippen LogP contribution is -2.04. The van der Waals surface area contributed by atoms with Gasteiger partial charge >= 0.3 is 5.97 Å². The molecule has 76 valence electrons. The van der Waals surface area contributed by atoms with Crippen molar-refractivity contribution in [2.24, 2.45) is 5.92 Å². The summed E-state index contributed by atoms with van der Waals surface area (Å²) in [7, 11) is 1.43. The summed E-state index contributed by atoms with van der Waals surface area (Å²) in [6.45, 7) is 4.20. The Morgan fingerprint density at radius 3 is 2.77 bits per heavy atom. The van der Waals surface area contributed by atoms with Crippen molar-refractivity contribution < 1.29 is 9.53 Å². The highest BCUT2D eigenvalue weighted by molar-refractivity contribution is 5.69. The van der Waals surface area contributed by atoms with Gasteiger partial charge in [0.25, 0.3) is 0 Å². The molecule has 0 aromatic rings. The maximum Gasteiger partial charge on any atom is 0.306 e. The van der Waals surface area contributed by atoms with E-state index in [1.54, 1.807) is 0 Å². The first-order valence-electron chi connectivity index (χ1n) is 4.94. The van der Waals surface area contributed by atoms with Gasteiger partial charge in [-0.05, 0) is 12.3 Å². The van der Waals surface area contributed by atoms with Crippen molar-refractivity contribution in [2.75, 3.05) is 7.11 Å². The number of methoxy groups -OCH3 is 1. The monoisotopic (exact) mass is 184 g/mol. The SMILES string of the molecule is CCCC/C=C/[C@@H](C)CC(=O)OC. The molecule has 0 saturated carbocycles. The highest BCUT2D eigenvalue weighted by Crippen LogP contribution is 2.06. The summed E-state index contributed by atoms with van der Waals surface area (Å²) < 4.78 is 4.58. The van der Waals surface area contributed by atoms with Crippen LogP contribution in [0.3, 0.4) is 0 Å². The molecular weight excluding hydrogens is 164 g/mol. The van der Waals surface area contributed by atoms with Gasteiger partial charge < -0.3 is 4.74 Å². The zero-order chi connectivity index (χ0) is 10.1. The van der Waals surface area contributed by atoms with Crippen LogP contribution < -0.4 is 0 Å². The van der Waals surface area contributed by atoms with E-state index in [2.05, 4.69) is 23.8 Å². The number of esters is 1. The molecule has 0 unspecified atom stereocenters. The third kappa shape index (κ3) is 7.57. The van der Waals surface area contributed by atoms with Crippen LogP contribution in [-0.4, -0.2) is 13.1 Å². The van der Waals surface area contributed by atoms with Gasteiger partial charge in [0.15, 0.2) is 0 Å². The number of allylic oxidation sites excluding steroid dienone is 2. The van der Waals surface area contributed by atoms with E-state index in [-0.39, 0.29) is 5.97 Å². The molecule has 2 heteroatoms. The van der Waals surface area contributed by atoms with Crippen molar-refractivity contribution in [1.82, 2.24) is 0 Å². The number of hydrogen-bond acceptors (Lipinski definition) is 2. The van der Waals surface area contributed by atoms with Gasteiger partial charge in [0.1, 0.15) is 0 Å². The number of hydrogen-bond donors (Lipinski definition) is 0. The minimum atomic E-state index is -0.132. The standard InChI is InChI=1S/C11H20O2/c1-4-5-6-7-8-10(2)9-11(12)13-3/h7-8,10H,4-6,9H2,1-3H3/b8-7+/t10-/m1/s1. The van der Waals surface area contributed by atoms with Crippen LogP contribution >= 0.6 is 0 Å². The normalized spacial score (nSPS) is 13.2. The Hall–Kier alpha value is -0.790. The fourth-order valence-electron chi connectivity index (χ4n) is 1.06. The van der Waals surface area contributed by atoms with E-state index < -0.39 is 0 Å². The Labute approximate surface area is 81.0 Å². The molecule has 0 aromatic carbocycles. The van der Waals surface area contributed by atoms with Crippen LogP contribution in [0.1, 0.15) is 39.5 Å². The van der Waals surface area contributed by atoms with Crippen LogP contribution in [0, 0.1) is 5.92 Å². The Balaban J connectivity index is 3.54. The van der Waals surface area contributed by atoms with Gasteiger partial charge in [-0.15, -0.1) is 0 Å². The van der Waals surface area contributed by atoms with E-state index in [1.165, 1.54) is 20.0 Å². The number of unbranched alkanes of at least 4 members (excludes halogenated alkanes) is 2. The average Bonchev–Trinajstić information content (AvgIpc) is 2.12. The molecule has 0 fully saturated rings. The Kier molecular flexibility index (Phi) is 7.36. The molecule has 13 heavy (non-hydrogen) atoms. The maximum absolute atomic E-state index is 10.9. The molecule has 0 rings (SSSR count). The van der Waals surface area contributed by atoms with Crippen LogP contribution in [0.2, 0.25) is 0 Å². The van der Waals surface area contributed by atoms with Gasteiger partial charge in [-0.3, -0.25) is 4.79 Å². The minimum absolute atomic E-state index is 0.132. The molecule has 0 N–H and O–H groups in total. The second-order valence-electron chi connectivity index (χ2n) is 3.33. The highest BCUT2D eigenvalue weighted by atomic mass is 16.5. The molecule has 0 amide bonds. The molecule has 0 saturated heterocycles. The third-order valence-corrected chi connectivity index (χ3v) is 1.91. The molecule has 0 aliphatic rings. The van der Waals surface area contributed by atoms with Crippen molar-refractivity contribution >= 4 is 5.97 Å². The van der Waals surface area contributed by atoms with Crippen LogP contribution in [0.25, 0.3) is 0 Å². The lowest BCUT2D eigenvalue weighted by Gasteiger charge is -2.03. The Bertz CT molecular complexity index is 161. The Morgan fingerprint density at radius 2 is 2.23 bits per heavy atom. The van der Waals surface area contributed by atoms with Crippen LogP contribution in [0.5, 0.6) is 0 Å². The molecule has 0 aromatic heterocycles. The predicted octanol–water partition coefficient (Wildman–Crippen LogP) is 2.93. The minimum Gasteiger partial charge on any atom is -0.469 e. The predicted molar refractivity (Wildman–Crippen MR) is 54.5 cm³/mol. The van der Waals surface area contributed by atoms with E-state index >= 15 is 0 Å². The molecule has 0 aliphatic heterocycles. The van der Waals surface area contributed by atoms with E-state index in [9.17, 15) is 4.79 Å². The molecule has 0 bridgehead atoms. The lowest BCUT2D eigenvalue weighted by molar-refractivity contribution is -0.141. The number of carbonyl (C=O) groups excluding carboxylic acids is 1. The first-order valence-corrected chi connectivity index (χ1v) is 4.94. The van der Waals surface area contributed by atoms with Gasteiger partial charge in [0.05, 0.1) is 13.5 Å². The van der Waals surface area contributed by atoms with E-state index in [0.29, 0.717) is 12.3 Å². The third-order valence-electron chi connectivity index (χ3n) is 1.91. The summed E-state index contributed by atoms with van der Waals surface area (Å²) >= 11 is 0. The molecule has 1 atom stereocenters. The topological polar surface area (TPSA) is 26.3 Å². The fraction of sp³-hybridized carbons (Fsp3) is 0.727. The van der Waals surface area contributed by atoms with Crippen molar-refractivity contribution in [2.45, 2.75) is 39.5 Å². The lowest BCUT2D eigenvalue weighted by atomic mass is 10.1. The smallest absolute Gasteiger partial charge is 0.306 e. The highest BCUT2D eigenvalue weighted by Gasteiger charge is 2.04. The summed E-state index contributed by atoms with van der Waals surface area (Å²) in [5, 5.41) is 0. The second kappa shape index (κ2) is 7.84. The molecular formula is C11H20O2. The van der Waals surface area contributed by atoms with Gasteiger partial charge in [-0.2, -0.15) is 0 Å². The zero-order valence-corrected chi connectivity index (χ0v) is 8.88. The van der Waals surface area contributed by atoms with Crippen molar-refractivity contribution in [3.8, 4) is 0 Å². The fourth-order valence-corrected chi connectivity index (χ4v) is 1.06. The molecule has 0 aliphatic carbocycles. The van der Waals surface area contributed by atoms with Gasteiger partial charge in [0, 0.05) is 0 Å². The van der Waals surface area contributed by atoms with Crippen molar-refractivity contribution in [1.29, 1.82) is 0 Å². The Morgan fingerprint density at radius 1 is 1.54 bits per heavy atom. The van der Waals surface area contributed by atoms with Crippen LogP contribution in [0.4, 0.5) is 0 Å². The largest absolute Gasteiger partial charge is 0.469 e. The van der Waals surface area contributed by atoms with Crippen molar-refractivity contribution in [3.63, 3.8) is 0 Å². The van der Waals surface area contributed by atoms with Crippen molar-refractivity contribution in [3.05, 3.63) is 12.2 Å². The molecule has 0 heterocycles. The summed E-state index contributed by atoms with van der Waals surface area (Å²) in [4.78, 5) is 10.9. The summed E-state index contributed by atoms with van der Waals surface area (Å²) in [5.41, 5.74) is 0. The van der Waals surface area contributed by atoms with Gasteiger partial charge in [-0.1, -0.05) is 38.8 Å². The van der Waals surface area contributed by atoms with E-state index in [1.807, 2.05) is 6.92 Å². The van der Waals surface area contributed by atoms with E-state index in [4.69, 9.17) is 0 Å². The van der Waals surface area contributed by atoms with Gasteiger partial charge in [0.2, 0.25) is 0 Å². The number of ether oxygens (including phenoxy) is 1. The zero-order valence-electron chi connectivity index (χ0n) is 8.88. The number of rotatable bonds is 6. The van der Waals surface area contributed by atoms with Gasteiger partial charge in [-0.25, -0.2) is 0 Å². The quantitative estimate of drug-likeness (QED) is 0.360. The summed E-state index contributed by atoms with van der Waals surface area (Å²) in [5.74, 6) is 0.164. The first-order chi connectivity index (χ1) is 6.20. The molecule has 0 radical (unpaired) electrons. The van der Waals surface area contributed by atoms with Crippen LogP contribution in [-0.2, 0) is 9.53 Å². The summed E-state index contributed by atoms with van der Waals surface area (Å²) in [6.07, 6.45) is 8.28. The molecule has 0 spiro atoms. The molecule has 2 nitrogen and oxygen atoms in total.